The summed E-state index contributed by atoms with van der Waals surface area (Å²) in [7, 11) is 0. The van der Waals surface area contributed by atoms with Gasteiger partial charge in [-0.05, 0) is 89.5 Å². The maximum atomic E-state index is 13.2. The number of nitrogens with one attached hydrogen (secondary N) is 1. The van der Waals surface area contributed by atoms with E-state index < -0.39 is 18.2 Å². The average Bonchev–Trinajstić information content (AvgIpc) is 3.33. The molecule has 6 nitrogen and oxygen atoms in total. The number of amides is 1. The van der Waals surface area contributed by atoms with Crippen molar-refractivity contribution in [3.63, 3.8) is 0 Å². The molecule has 388 valence electrons. The molecular weight excluding hydrogens is 839 g/mol. The van der Waals surface area contributed by atoms with Crippen molar-refractivity contribution in [2.75, 3.05) is 6.61 Å². The molecule has 6 heteroatoms. The van der Waals surface area contributed by atoms with Gasteiger partial charge in [-0.3, -0.25) is 9.59 Å². The molecule has 0 spiro atoms. The minimum Gasteiger partial charge on any atom is -0.458 e. The van der Waals surface area contributed by atoms with Crippen molar-refractivity contribution in [2.45, 2.75) is 264 Å². The first-order valence-electron chi connectivity index (χ1n) is 28.1. The summed E-state index contributed by atoms with van der Waals surface area (Å²) in [6.45, 7) is 6.23. The van der Waals surface area contributed by atoms with Crippen LogP contribution >= 0.6 is 0 Å². The summed E-state index contributed by atoms with van der Waals surface area (Å²) in [6, 6.07) is -0.753. The Labute approximate surface area is 419 Å². The van der Waals surface area contributed by atoms with E-state index in [4.69, 9.17) is 4.74 Å². The predicted molar refractivity (Wildman–Crippen MR) is 296 cm³/mol. The first kappa shape index (κ1) is 64.5. The molecule has 0 aliphatic carbocycles. The fourth-order valence-electron chi connectivity index (χ4n) is 7.91. The first-order valence-corrected chi connectivity index (χ1v) is 28.1. The molecule has 0 aromatic carbocycles. The van der Waals surface area contributed by atoms with E-state index in [-0.39, 0.29) is 24.9 Å². The van der Waals surface area contributed by atoms with Gasteiger partial charge in [0.15, 0.2) is 0 Å². The molecule has 1 amide bonds. The molecular formula is C62H105NO5. The lowest BCUT2D eigenvalue weighted by molar-refractivity contribution is -0.148. The smallest absolute Gasteiger partial charge is 0.306 e. The highest BCUT2D eigenvalue weighted by Crippen LogP contribution is 2.16. The lowest BCUT2D eigenvalue weighted by atomic mass is 10.0. The van der Waals surface area contributed by atoms with Gasteiger partial charge in [-0.1, -0.05) is 252 Å². The number of rotatable bonds is 49. The normalized spacial score (nSPS) is 14.0. The van der Waals surface area contributed by atoms with Gasteiger partial charge in [-0.25, -0.2) is 0 Å². The minimum absolute atomic E-state index is 0.0583. The van der Waals surface area contributed by atoms with Crippen molar-refractivity contribution in [3.8, 4) is 0 Å². The minimum atomic E-state index is -0.829. The number of aliphatic hydroxyl groups is 2. The zero-order valence-corrected chi connectivity index (χ0v) is 44.2. The van der Waals surface area contributed by atoms with E-state index in [9.17, 15) is 19.8 Å². The quantitative estimate of drug-likeness (QED) is 0.0321. The van der Waals surface area contributed by atoms with Crippen LogP contribution < -0.4 is 5.32 Å². The highest BCUT2D eigenvalue weighted by atomic mass is 16.5. The van der Waals surface area contributed by atoms with Gasteiger partial charge in [0, 0.05) is 6.42 Å². The first-order chi connectivity index (χ1) is 33.5. The van der Waals surface area contributed by atoms with Crippen LogP contribution in [0.5, 0.6) is 0 Å². The third-order valence-electron chi connectivity index (χ3n) is 12.1. The Hall–Kier alpha value is -3.48. The third-order valence-corrected chi connectivity index (χ3v) is 12.1. The number of hydrogen-bond acceptors (Lipinski definition) is 5. The third kappa shape index (κ3) is 49.0. The van der Waals surface area contributed by atoms with Crippen molar-refractivity contribution < 1.29 is 24.5 Å². The van der Waals surface area contributed by atoms with E-state index in [2.05, 4.69) is 123 Å². The molecule has 3 unspecified atom stereocenters. The van der Waals surface area contributed by atoms with E-state index in [1.54, 1.807) is 6.08 Å². The largest absolute Gasteiger partial charge is 0.458 e. The molecule has 0 saturated carbocycles. The van der Waals surface area contributed by atoms with Gasteiger partial charge in [0.05, 0.1) is 25.2 Å². The number of hydrogen-bond donors (Lipinski definition) is 3. The van der Waals surface area contributed by atoms with Crippen LogP contribution in [0, 0.1) is 0 Å². The number of carbonyl (C=O) groups excluding carboxylic acids is 2. The Morgan fingerprint density at radius 3 is 1.25 bits per heavy atom. The summed E-state index contributed by atoms with van der Waals surface area (Å²) in [4.78, 5) is 26.2. The molecule has 0 bridgehead atoms. The number of ether oxygens (including phenoxy) is 1. The van der Waals surface area contributed by atoms with Crippen molar-refractivity contribution >= 4 is 11.9 Å². The highest BCUT2D eigenvalue weighted by molar-refractivity contribution is 5.78. The van der Waals surface area contributed by atoms with Crippen LogP contribution in [0.2, 0.25) is 0 Å². The Morgan fingerprint density at radius 1 is 0.456 bits per heavy atom. The summed E-state index contributed by atoms with van der Waals surface area (Å²) >= 11 is 0. The van der Waals surface area contributed by atoms with Crippen LogP contribution in [0.15, 0.2) is 109 Å². The number of unbranched alkanes of at least 4 members (excludes halogenated alkanes) is 21. The predicted octanol–water partition coefficient (Wildman–Crippen LogP) is 17.5. The van der Waals surface area contributed by atoms with Crippen LogP contribution in [0.4, 0.5) is 0 Å². The molecule has 0 rings (SSSR count). The fraction of sp³-hybridized carbons (Fsp3) is 0.677. The standard InChI is InChI=1S/C62H105NO5/c1-4-7-10-13-16-19-22-25-28-31-32-35-38-41-44-47-50-53-58(68-62(67)55-52-49-46-43-40-37-34-30-27-24-21-18-15-12-9-6-3)56-61(66)63-59(57-64)60(65)54-51-48-45-42-39-36-33-29-26-23-20-17-14-11-8-5-2/h7,9-10,12,16,18-19,21,25,27-28,30,32,35,41,44,50,53,58-60,64-65H,4-6,8,11,13-15,17,20,22-24,26,29,31,33-34,36-40,42-43,45-49,51-52,54-57H2,1-3H3,(H,63,66)/b10-7-,12-9+,19-16-,21-18+,28-25-,30-27+,35-32-,44-41-,53-50-. The van der Waals surface area contributed by atoms with Gasteiger partial charge in [-0.15, -0.1) is 0 Å². The van der Waals surface area contributed by atoms with Gasteiger partial charge in [-0.2, -0.15) is 0 Å². The van der Waals surface area contributed by atoms with Crippen LogP contribution in [0.3, 0.4) is 0 Å². The van der Waals surface area contributed by atoms with E-state index >= 15 is 0 Å². The van der Waals surface area contributed by atoms with Gasteiger partial charge in [0.1, 0.15) is 6.10 Å². The number of carbonyl (C=O) groups is 2. The lowest BCUT2D eigenvalue weighted by Crippen LogP contribution is -2.46. The molecule has 0 aliphatic heterocycles. The van der Waals surface area contributed by atoms with Crippen molar-refractivity contribution in [1.29, 1.82) is 0 Å². The maximum Gasteiger partial charge on any atom is 0.306 e. The van der Waals surface area contributed by atoms with Crippen molar-refractivity contribution in [2.24, 2.45) is 0 Å². The molecule has 0 aromatic rings. The van der Waals surface area contributed by atoms with Crippen LogP contribution in [0.1, 0.15) is 245 Å². The van der Waals surface area contributed by atoms with E-state index in [0.29, 0.717) is 19.3 Å². The number of allylic oxidation sites excluding steroid dienone is 17. The summed E-state index contributed by atoms with van der Waals surface area (Å²) in [6.07, 6.45) is 74.7. The van der Waals surface area contributed by atoms with Gasteiger partial charge in [0.25, 0.3) is 0 Å². The highest BCUT2D eigenvalue weighted by Gasteiger charge is 2.23. The van der Waals surface area contributed by atoms with Crippen LogP contribution in [-0.4, -0.2) is 46.9 Å². The zero-order chi connectivity index (χ0) is 49.5. The molecule has 0 saturated heterocycles. The van der Waals surface area contributed by atoms with E-state index in [1.165, 1.54) is 96.3 Å². The summed E-state index contributed by atoms with van der Waals surface area (Å²) in [5, 5.41) is 23.8. The summed E-state index contributed by atoms with van der Waals surface area (Å²) in [5.41, 5.74) is 0. The molecule has 3 atom stereocenters. The van der Waals surface area contributed by atoms with E-state index in [0.717, 1.165) is 103 Å². The molecule has 0 heterocycles. The fourth-order valence-corrected chi connectivity index (χ4v) is 7.91. The molecule has 3 N–H and O–H groups in total. The second-order valence-corrected chi connectivity index (χ2v) is 18.6. The SMILES string of the molecule is CC/C=C\C/C=C\C/C=C\C/C=C\C/C=C\C/C=C\C(CC(=O)NC(CO)C(O)CCCCCCCCCCCCCCCCCC)OC(=O)CCCCCCCC/C=C/C/C=C/C/C=C/CC. The summed E-state index contributed by atoms with van der Waals surface area (Å²) in [5.74, 6) is -0.649. The van der Waals surface area contributed by atoms with Gasteiger partial charge in [0.2, 0.25) is 5.91 Å². The Bertz CT molecular complexity index is 1380. The van der Waals surface area contributed by atoms with Crippen molar-refractivity contribution in [3.05, 3.63) is 109 Å². The van der Waals surface area contributed by atoms with E-state index in [1.807, 2.05) is 6.08 Å². The van der Waals surface area contributed by atoms with Gasteiger partial charge < -0.3 is 20.3 Å². The molecule has 0 aromatic heterocycles. The van der Waals surface area contributed by atoms with Crippen LogP contribution in [0.25, 0.3) is 0 Å². The zero-order valence-electron chi connectivity index (χ0n) is 44.2. The Kier molecular flexibility index (Phi) is 51.7. The second-order valence-electron chi connectivity index (χ2n) is 18.6. The number of aliphatic hydroxyl groups excluding tert-OH is 2. The molecule has 0 aliphatic rings. The number of esters is 1. The molecule has 0 fully saturated rings. The topological polar surface area (TPSA) is 95.9 Å². The second kappa shape index (κ2) is 54.5. The Morgan fingerprint density at radius 2 is 0.824 bits per heavy atom. The van der Waals surface area contributed by atoms with Crippen molar-refractivity contribution in [1.82, 2.24) is 5.32 Å². The lowest BCUT2D eigenvalue weighted by Gasteiger charge is -2.23. The maximum absolute atomic E-state index is 13.2. The molecule has 0 radical (unpaired) electrons. The summed E-state index contributed by atoms with van der Waals surface area (Å²) < 4.78 is 5.84. The molecule has 68 heavy (non-hydrogen) atoms. The van der Waals surface area contributed by atoms with Gasteiger partial charge >= 0.3 is 5.97 Å². The Balaban J connectivity index is 4.76. The van der Waals surface area contributed by atoms with Crippen LogP contribution in [-0.2, 0) is 14.3 Å². The monoisotopic (exact) mass is 944 g/mol. The average molecular weight is 945 g/mol.